The number of nitrogens with zero attached hydrogens (tertiary/aromatic N) is 1. The first-order chi connectivity index (χ1) is 10.7. The molecule has 22 heavy (non-hydrogen) atoms. The highest BCUT2D eigenvalue weighted by Crippen LogP contribution is 2.22. The van der Waals surface area contributed by atoms with Gasteiger partial charge in [0.25, 0.3) is 0 Å². The van der Waals surface area contributed by atoms with E-state index in [0.29, 0.717) is 25.4 Å². The molecule has 0 unspecified atom stereocenters. The molecule has 0 aliphatic carbocycles. The van der Waals surface area contributed by atoms with Gasteiger partial charge in [0.05, 0.1) is 25.2 Å². The molecule has 1 aromatic heterocycles. The van der Waals surface area contributed by atoms with Crippen LogP contribution >= 0.6 is 11.8 Å². The Labute approximate surface area is 135 Å². The fraction of sp³-hybridized carbons (Fsp3) is 0.353. The lowest BCUT2D eigenvalue weighted by molar-refractivity contribution is -0.129. The molecule has 0 saturated carbocycles. The van der Waals surface area contributed by atoms with Crippen LogP contribution in [0.3, 0.4) is 0 Å². The highest BCUT2D eigenvalue weighted by Gasteiger charge is 2.15. The molecule has 2 rings (SSSR count). The standard InChI is InChI=1S/C17H21NO3S/c1-14-6-3-4-8-16(14)22-13-17(19)18(9-11-20-2)12-15-7-5-10-21-15/h3-8,10H,9,11-13H2,1-2H3. The first-order valence-electron chi connectivity index (χ1n) is 7.18. The van der Waals surface area contributed by atoms with Gasteiger partial charge in [0, 0.05) is 18.6 Å². The number of hydrogen-bond donors (Lipinski definition) is 0. The summed E-state index contributed by atoms with van der Waals surface area (Å²) in [4.78, 5) is 15.4. The molecule has 1 heterocycles. The molecule has 118 valence electrons. The van der Waals surface area contributed by atoms with Gasteiger partial charge in [-0.3, -0.25) is 4.79 Å². The first-order valence-corrected chi connectivity index (χ1v) is 8.17. The van der Waals surface area contributed by atoms with Crippen LogP contribution in [0.15, 0.2) is 52.0 Å². The van der Waals surface area contributed by atoms with Gasteiger partial charge < -0.3 is 14.1 Å². The van der Waals surface area contributed by atoms with Crippen molar-refractivity contribution < 1.29 is 13.9 Å². The molecule has 0 bridgehead atoms. The minimum absolute atomic E-state index is 0.0849. The zero-order valence-corrected chi connectivity index (χ0v) is 13.8. The lowest BCUT2D eigenvalue weighted by atomic mass is 10.2. The third-order valence-corrected chi connectivity index (χ3v) is 4.45. The normalized spacial score (nSPS) is 10.6. The van der Waals surface area contributed by atoms with Crippen molar-refractivity contribution >= 4 is 17.7 Å². The van der Waals surface area contributed by atoms with Crippen LogP contribution in [-0.4, -0.2) is 36.8 Å². The zero-order chi connectivity index (χ0) is 15.8. The SMILES string of the molecule is COCCN(Cc1ccco1)C(=O)CSc1ccccc1C. The number of hydrogen-bond acceptors (Lipinski definition) is 4. The smallest absolute Gasteiger partial charge is 0.233 e. The molecule has 0 atom stereocenters. The van der Waals surface area contributed by atoms with Crippen LogP contribution in [0.25, 0.3) is 0 Å². The average molecular weight is 319 g/mol. The number of amides is 1. The van der Waals surface area contributed by atoms with E-state index in [2.05, 4.69) is 13.0 Å². The Balaban J connectivity index is 1.94. The maximum absolute atomic E-state index is 12.5. The minimum Gasteiger partial charge on any atom is -0.467 e. The zero-order valence-electron chi connectivity index (χ0n) is 13.0. The fourth-order valence-electron chi connectivity index (χ4n) is 2.03. The first kappa shape index (κ1) is 16.6. The Morgan fingerprint density at radius 1 is 1.27 bits per heavy atom. The number of carbonyl (C=O) groups excluding carboxylic acids is 1. The van der Waals surface area contributed by atoms with Crippen molar-refractivity contribution in [3.8, 4) is 0 Å². The summed E-state index contributed by atoms with van der Waals surface area (Å²) >= 11 is 1.57. The lowest BCUT2D eigenvalue weighted by Gasteiger charge is -2.21. The largest absolute Gasteiger partial charge is 0.467 e. The number of rotatable bonds is 8. The Bertz CT molecular complexity index is 583. The highest BCUT2D eigenvalue weighted by atomic mass is 32.2. The molecule has 5 heteroatoms. The molecule has 1 amide bonds. The molecule has 1 aromatic carbocycles. The van der Waals surface area contributed by atoms with E-state index in [0.717, 1.165) is 10.7 Å². The van der Waals surface area contributed by atoms with Gasteiger partial charge in [0.2, 0.25) is 5.91 Å². The number of carbonyl (C=O) groups is 1. The third-order valence-electron chi connectivity index (χ3n) is 3.29. The van der Waals surface area contributed by atoms with Gasteiger partial charge in [-0.15, -0.1) is 11.8 Å². The van der Waals surface area contributed by atoms with Crippen molar-refractivity contribution in [3.05, 3.63) is 54.0 Å². The van der Waals surface area contributed by atoms with Gasteiger partial charge in [-0.2, -0.15) is 0 Å². The highest BCUT2D eigenvalue weighted by molar-refractivity contribution is 8.00. The van der Waals surface area contributed by atoms with E-state index in [-0.39, 0.29) is 5.91 Å². The van der Waals surface area contributed by atoms with E-state index in [1.54, 1.807) is 30.0 Å². The van der Waals surface area contributed by atoms with Gasteiger partial charge in [-0.25, -0.2) is 0 Å². The molecule has 0 aliphatic rings. The molecule has 2 aromatic rings. The quantitative estimate of drug-likeness (QED) is 0.700. The van der Waals surface area contributed by atoms with Crippen LogP contribution in [0.2, 0.25) is 0 Å². The lowest BCUT2D eigenvalue weighted by Crippen LogP contribution is -2.34. The van der Waals surface area contributed by atoms with Crippen molar-refractivity contribution in [2.75, 3.05) is 26.0 Å². The molecule has 0 spiro atoms. The van der Waals surface area contributed by atoms with Crippen LogP contribution in [0.5, 0.6) is 0 Å². The summed E-state index contributed by atoms with van der Waals surface area (Å²) in [5.74, 6) is 1.28. The Kier molecular flexibility index (Phi) is 6.55. The molecular formula is C17H21NO3S. The number of thioether (sulfide) groups is 1. The Morgan fingerprint density at radius 2 is 2.09 bits per heavy atom. The topological polar surface area (TPSA) is 42.7 Å². The van der Waals surface area contributed by atoms with E-state index in [4.69, 9.17) is 9.15 Å². The molecule has 4 nitrogen and oxygen atoms in total. The summed E-state index contributed by atoms with van der Waals surface area (Å²) < 4.78 is 10.4. The second-order valence-electron chi connectivity index (χ2n) is 4.94. The van der Waals surface area contributed by atoms with Crippen LogP contribution in [0, 0.1) is 6.92 Å². The van der Waals surface area contributed by atoms with Crippen molar-refractivity contribution in [1.29, 1.82) is 0 Å². The predicted molar refractivity (Wildman–Crippen MR) is 87.9 cm³/mol. The summed E-state index contributed by atoms with van der Waals surface area (Å²) in [5.41, 5.74) is 1.19. The number of ether oxygens (including phenoxy) is 1. The maximum Gasteiger partial charge on any atom is 0.233 e. The molecule has 0 aliphatic heterocycles. The number of aryl methyl sites for hydroxylation is 1. The van der Waals surface area contributed by atoms with Gasteiger partial charge in [-0.05, 0) is 30.7 Å². The Hall–Kier alpha value is -1.72. The van der Waals surface area contributed by atoms with Gasteiger partial charge in [0.15, 0.2) is 0 Å². The van der Waals surface area contributed by atoms with Crippen LogP contribution < -0.4 is 0 Å². The number of methoxy groups -OCH3 is 1. The summed E-state index contributed by atoms with van der Waals surface area (Å²) in [6.45, 7) is 3.60. The van der Waals surface area contributed by atoms with E-state index in [1.807, 2.05) is 30.3 Å². The van der Waals surface area contributed by atoms with Crippen molar-refractivity contribution in [2.24, 2.45) is 0 Å². The second-order valence-corrected chi connectivity index (χ2v) is 5.96. The van der Waals surface area contributed by atoms with Gasteiger partial charge >= 0.3 is 0 Å². The van der Waals surface area contributed by atoms with Crippen molar-refractivity contribution in [3.63, 3.8) is 0 Å². The summed E-state index contributed by atoms with van der Waals surface area (Å²) in [6.07, 6.45) is 1.62. The second kappa shape index (κ2) is 8.66. The Morgan fingerprint density at radius 3 is 2.77 bits per heavy atom. The molecule has 0 radical (unpaired) electrons. The van der Waals surface area contributed by atoms with Crippen LogP contribution in [-0.2, 0) is 16.1 Å². The predicted octanol–water partition coefficient (Wildman–Crippen LogP) is 3.36. The number of benzene rings is 1. The van der Waals surface area contributed by atoms with E-state index in [1.165, 1.54) is 5.56 Å². The van der Waals surface area contributed by atoms with Crippen LogP contribution in [0.1, 0.15) is 11.3 Å². The molecule has 0 fully saturated rings. The number of furan rings is 1. The van der Waals surface area contributed by atoms with E-state index >= 15 is 0 Å². The molecule has 0 saturated heterocycles. The third kappa shape index (κ3) is 4.93. The van der Waals surface area contributed by atoms with Crippen LogP contribution in [0.4, 0.5) is 0 Å². The van der Waals surface area contributed by atoms with Crippen molar-refractivity contribution in [2.45, 2.75) is 18.4 Å². The van der Waals surface area contributed by atoms with E-state index in [9.17, 15) is 4.79 Å². The fourth-order valence-corrected chi connectivity index (χ4v) is 2.97. The summed E-state index contributed by atoms with van der Waals surface area (Å²) in [6, 6.07) is 11.8. The van der Waals surface area contributed by atoms with Gasteiger partial charge in [0.1, 0.15) is 5.76 Å². The monoisotopic (exact) mass is 319 g/mol. The summed E-state index contributed by atoms with van der Waals surface area (Å²) in [5, 5.41) is 0. The summed E-state index contributed by atoms with van der Waals surface area (Å²) in [7, 11) is 1.64. The average Bonchev–Trinajstić information content (AvgIpc) is 3.03. The minimum atomic E-state index is 0.0849. The van der Waals surface area contributed by atoms with E-state index < -0.39 is 0 Å². The van der Waals surface area contributed by atoms with Crippen molar-refractivity contribution in [1.82, 2.24) is 4.90 Å². The maximum atomic E-state index is 12.5. The van der Waals surface area contributed by atoms with Gasteiger partial charge in [-0.1, -0.05) is 18.2 Å². The molecular weight excluding hydrogens is 298 g/mol. The molecule has 0 N–H and O–H groups in total.